The predicted octanol–water partition coefficient (Wildman–Crippen LogP) is 2.61. The van der Waals surface area contributed by atoms with Crippen molar-refractivity contribution in [1.82, 2.24) is 0 Å². The highest BCUT2D eigenvalue weighted by Crippen LogP contribution is 2.43. The first-order chi connectivity index (χ1) is 8.69. The van der Waals surface area contributed by atoms with E-state index in [1.807, 2.05) is 6.07 Å². The number of rotatable bonds is 2. The molecule has 0 aliphatic carbocycles. The van der Waals surface area contributed by atoms with Gasteiger partial charge in [-0.25, -0.2) is 0 Å². The quantitative estimate of drug-likeness (QED) is 0.874. The third kappa shape index (κ3) is 1.61. The molecule has 2 aliphatic rings. The van der Waals surface area contributed by atoms with E-state index in [-0.39, 0.29) is 5.60 Å². The van der Waals surface area contributed by atoms with Crippen LogP contribution < -0.4 is 4.74 Å². The average Bonchev–Trinajstić information content (AvgIpc) is 2.35. The van der Waals surface area contributed by atoms with Crippen molar-refractivity contribution in [1.29, 1.82) is 0 Å². The van der Waals surface area contributed by atoms with Gasteiger partial charge in [0.05, 0.1) is 13.2 Å². The van der Waals surface area contributed by atoms with Crippen LogP contribution in [0, 0.1) is 0 Å². The Morgan fingerprint density at radius 1 is 1.28 bits per heavy atom. The Labute approximate surface area is 108 Å². The molecule has 1 spiro atoms. The Kier molecular flexibility index (Phi) is 2.74. The molecule has 0 amide bonds. The molecule has 1 N–H and O–H groups in total. The highest BCUT2D eigenvalue weighted by molar-refractivity contribution is 5.54. The van der Waals surface area contributed by atoms with Crippen LogP contribution in [0.1, 0.15) is 37.0 Å². The number of benzene rings is 1. The van der Waals surface area contributed by atoms with E-state index < -0.39 is 0 Å². The minimum atomic E-state index is -0.0833. The second-order valence-electron chi connectivity index (χ2n) is 5.32. The maximum absolute atomic E-state index is 10.3. The van der Waals surface area contributed by atoms with Gasteiger partial charge in [0.25, 0.3) is 0 Å². The minimum Gasteiger partial charge on any atom is -0.507 e. The molecule has 1 fully saturated rings. The van der Waals surface area contributed by atoms with Gasteiger partial charge in [-0.3, -0.25) is 0 Å². The molecular formula is C15H20O3. The predicted molar refractivity (Wildman–Crippen MR) is 69.4 cm³/mol. The van der Waals surface area contributed by atoms with Crippen molar-refractivity contribution in [3.05, 3.63) is 22.8 Å². The molecule has 2 heterocycles. The van der Waals surface area contributed by atoms with Crippen molar-refractivity contribution in [3.63, 3.8) is 0 Å². The Morgan fingerprint density at radius 2 is 2.06 bits per heavy atom. The number of fused-ring (bicyclic) bond motifs is 1. The molecule has 18 heavy (non-hydrogen) atoms. The second-order valence-corrected chi connectivity index (χ2v) is 5.32. The minimum absolute atomic E-state index is 0.0833. The summed E-state index contributed by atoms with van der Waals surface area (Å²) < 4.78 is 11.5. The number of phenols is 1. The normalized spacial score (nSPS) is 20.1. The van der Waals surface area contributed by atoms with Crippen LogP contribution in [0.25, 0.3) is 0 Å². The summed E-state index contributed by atoms with van der Waals surface area (Å²) in [6, 6.07) is 2.02. The molecule has 0 bridgehead atoms. The van der Waals surface area contributed by atoms with Gasteiger partial charge in [-0.2, -0.15) is 0 Å². The molecule has 0 unspecified atom stereocenters. The highest BCUT2D eigenvalue weighted by atomic mass is 16.6. The van der Waals surface area contributed by atoms with Crippen molar-refractivity contribution in [3.8, 4) is 11.5 Å². The lowest BCUT2D eigenvalue weighted by Gasteiger charge is -2.45. The van der Waals surface area contributed by atoms with Crippen LogP contribution in [0.2, 0.25) is 0 Å². The number of hydrogen-bond donors (Lipinski definition) is 1. The first-order valence-electron chi connectivity index (χ1n) is 6.82. The Morgan fingerprint density at radius 3 is 2.61 bits per heavy atom. The highest BCUT2D eigenvalue weighted by Gasteiger charge is 2.44. The van der Waals surface area contributed by atoms with Crippen LogP contribution in [-0.4, -0.2) is 23.9 Å². The smallest absolute Gasteiger partial charge is 0.156 e. The van der Waals surface area contributed by atoms with E-state index in [0.29, 0.717) is 19.0 Å². The first kappa shape index (κ1) is 11.8. The SMILES string of the molecule is CCc1cc2c(c(CC)c1O)CCC1(COC1)O2. The fourth-order valence-corrected chi connectivity index (χ4v) is 2.98. The summed E-state index contributed by atoms with van der Waals surface area (Å²) >= 11 is 0. The maximum atomic E-state index is 10.3. The summed E-state index contributed by atoms with van der Waals surface area (Å²) in [5.74, 6) is 1.44. The van der Waals surface area contributed by atoms with Crippen molar-refractivity contribution < 1.29 is 14.6 Å². The molecule has 0 saturated carbocycles. The molecule has 3 heteroatoms. The fraction of sp³-hybridized carbons (Fsp3) is 0.600. The number of aryl methyl sites for hydroxylation is 1. The van der Waals surface area contributed by atoms with Gasteiger partial charge in [-0.05, 0) is 37.3 Å². The van der Waals surface area contributed by atoms with Gasteiger partial charge < -0.3 is 14.6 Å². The third-order valence-corrected chi connectivity index (χ3v) is 4.18. The van der Waals surface area contributed by atoms with Crippen molar-refractivity contribution in [2.45, 2.75) is 45.1 Å². The molecule has 3 rings (SSSR count). The van der Waals surface area contributed by atoms with Crippen LogP contribution in [0.15, 0.2) is 6.07 Å². The van der Waals surface area contributed by atoms with Crippen LogP contribution in [-0.2, 0) is 24.0 Å². The lowest BCUT2D eigenvalue weighted by Crippen LogP contribution is -2.56. The average molecular weight is 248 g/mol. The summed E-state index contributed by atoms with van der Waals surface area (Å²) in [4.78, 5) is 0. The summed E-state index contributed by atoms with van der Waals surface area (Å²) in [7, 11) is 0. The Bertz CT molecular complexity index is 475. The van der Waals surface area contributed by atoms with Gasteiger partial charge in [0.1, 0.15) is 11.5 Å². The van der Waals surface area contributed by atoms with Gasteiger partial charge in [-0.1, -0.05) is 13.8 Å². The van der Waals surface area contributed by atoms with Gasteiger partial charge >= 0.3 is 0 Å². The zero-order valence-corrected chi connectivity index (χ0v) is 11.1. The van der Waals surface area contributed by atoms with E-state index in [4.69, 9.17) is 9.47 Å². The van der Waals surface area contributed by atoms with Crippen LogP contribution in [0.4, 0.5) is 0 Å². The van der Waals surface area contributed by atoms with Crippen molar-refractivity contribution in [2.75, 3.05) is 13.2 Å². The topological polar surface area (TPSA) is 38.7 Å². The molecule has 0 atom stereocenters. The number of aromatic hydroxyl groups is 1. The summed E-state index contributed by atoms with van der Waals surface area (Å²) in [6.07, 6.45) is 3.67. The maximum Gasteiger partial charge on any atom is 0.156 e. The number of phenolic OH excluding ortho intramolecular Hbond substituents is 1. The number of hydrogen-bond acceptors (Lipinski definition) is 3. The van der Waals surface area contributed by atoms with Gasteiger partial charge in [0, 0.05) is 11.1 Å². The van der Waals surface area contributed by atoms with E-state index >= 15 is 0 Å². The molecule has 1 saturated heterocycles. The molecule has 1 aromatic rings. The summed E-state index contributed by atoms with van der Waals surface area (Å²) in [6.45, 7) is 5.56. The van der Waals surface area contributed by atoms with Crippen LogP contribution >= 0.6 is 0 Å². The van der Waals surface area contributed by atoms with Gasteiger partial charge in [-0.15, -0.1) is 0 Å². The lowest BCUT2D eigenvalue weighted by atomic mass is 9.85. The molecular weight excluding hydrogens is 228 g/mol. The van der Waals surface area contributed by atoms with E-state index in [0.717, 1.165) is 42.6 Å². The standard InChI is InChI=1S/C15H20O3/c1-3-10-7-13-12(11(4-2)14(10)16)5-6-15(18-13)8-17-9-15/h7,16H,3-6,8-9H2,1-2H3. The fourth-order valence-electron chi connectivity index (χ4n) is 2.98. The molecule has 2 aliphatic heterocycles. The first-order valence-corrected chi connectivity index (χ1v) is 6.82. The van der Waals surface area contributed by atoms with Crippen molar-refractivity contribution >= 4 is 0 Å². The monoisotopic (exact) mass is 248 g/mol. The van der Waals surface area contributed by atoms with Gasteiger partial charge in [0.2, 0.25) is 0 Å². The zero-order chi connectivity index (χ0) is 12.8. The third-order valence-electron chi connectivity index (χ3n) is 4.18. The number of ether oxygens (including phenoxy) is 2. The van der Waals surface area contributed by atoms with E-state index in [2.05, 4.69) is 13.8 Å². The molecule has 0 aromatic heterocycles. The van der Waals surface area contributed by atoms with E-state index in [9.17, 15) is 5.11 Å². The Hall–Kier alpha value is -1.22. The zero-order valence-electron chi connectivity index (χ0n) is 11.1. The lowest BCUT2D eigenvalue weighted by molar-refractivity contribution is -0.169. The molecule has 0 radical (unpaired) electrons. The van der Waals surface area contributed by atoms with Gasteiger partial charge in [0.15, 0.2) is 5.60 Å². The summed E-state index contributed by atoms with van der Waals surface area (Å²) in [5.41, 5.74) is 3.17. The summed E-state index contributed by atoms with van der Waals surface area (Å²) in [5, 5.41) is 10.3. The molecule has 1 aromatic carbocycles. The second kappa shape index (κ2) is 4.16. The van der Waals surface area contributed by atoms with Crippen LogP contribution in [0.3, 0.4) is 0 Å². The molecule has 3 nitrogen and oxygen atoms in total. The van der Waals surface area contributed by atoms with Crippen molar-refractivity contribution in [2.24, 2.45) is 0 Å². The van der Waals surface area contributed by atoms with Crippen LogP contribution in [0.5, 0.6) is 11.5 Å². The van der Waals surface area contributed by atoms with E-state index in [1.54, 1.807) is 0 Å². The Balaban J connectivity index is 2.06. The van der Waals surface area contributed by atoms with E-state index in [1.165, 1.54) is 5.56 Å². The largest absolute Gasteiger partial charge is 0.507 e. The molecule has 98 valence electrons.